The third-order valence-electron chi connectivity index (χ3n) is 3.26. The Hall–Kier alpha value is -2.30. The van der Waals surface area contributed by atoms with Crippen LogP contribution in [0.4, 0.5) is 16.2 Å². The Bertz CT molecular complexity index is 510. The molecule has 0 aliphatic heterocycles. The number of amides is 3. The van der Waals surface area contributed by atoms with Gasteiger partial charge in [-0.15, -0.1) is 6.58 Å². The first-order valence-electron chi connectivity index (χ1n) is 6.67. The first-order valence-corrected chi connectivity index (χ1v) is 6.67. The summed E-state index contributed by atoms with van der Waals surface area (Å²) < 4.78 is 0. The Morgan fingerprint density at radius 3 is 2.30 bits per heavy atom. The Balaban J connectivity index is 1.84. The molecule has 3 amide bonds. The second-order valence-electron chi connectivity index (χ2n) is 5.01. The Morgan fingerprint density at radius 1 is 1.25 bits per heavy atom. The first-order chi connectivity index (χ1) is 9.60. The second kappa shape index (κ2) is 6.23. The standard InChI is InChI=1S/C15H19N3O2/c1-3-8-16-15(20)18-12-6-4-11(5-7-12)17-14(19)13-9-10(13)2/h3-7,10,13H,1,8-9H2,2H3,(H,17,19)(H2,16,18,20). The van der Waals surface area contributed by atoms with Gasteiger partial charge in [0.2, 0.25) is 5.91 Å². The number of nitrogens with one attached hydrogen (secondary N) is 3. The Labute approximate surface area is 118 Å². The van der Waals surface area contributed by atoms with Gasteiger partial charge in [-0.3, -0.25) is 4.79 Å². The van der Waals surface area contributed by atoms with E-state index in [0.717, 1.165) is 12.1 Å². The van der Waals surface area contributed by atoms with Crippen molar-refractivity contribution in [2.45, 2.75) is 13.3 Å². The number of benzene rings is 1. The van der Waals surface area contributed by atoms with E-state index in [9.17, 15) is 9.59 Å². The highest BCUT2D eigenvalue weighted by molar-refractivity contribution is 5.95. The minimum atomic E-state index is -0.284. The molecule has 2 rings (SSSR count). The number of hydrogen-bond acceptors (Lipinski definition) is 2. The molecule has 0 saturated heterocycles. The highest BCUT2D eigenvalue weighted by atomic mass is 16.2. The van der Waals surface area contributed by atoms with Crippen molar-refractivity contribution in [1.29, 1.82) is 0 Å². The van der Waals surface area contributed by atoms with Gasteiger partial charge in [0.15, 0.2) is 0 Å². The van der Waals surface area contributed by atoms with Crippen LogP contribution < -0.4 is 16.0 Å². The highest BCUT2D eigenvalue weighted by Gasteiger charge is 2.38. The summed E-state index contributed by atoms with van der Waals surface area (Å²) in [6.45, 7) is 6.01. The lowest BCUT2D eigenvalue weighted by molar-refractivity contribution is -0.117. The SMILES string of the molecule is C=CCNC(=O)Nc1ccc(NC(=O)C2CC2C)cc1. The monoisotopic (exact) mass is 273 g/mol. The van der Waals surface area contributed by atoms with Crippen molar-refractivity contribution in [3.8, 4) is 0 Å². The lowest BCUT2D eigenvalue weighted by atomic mass is 10.2. The summed E-state index contributed by atoms with van der Waals surface area (Å²) >= 11 is 0. The van der Waals surface area contributed by atoms with Crippen LogP contribution in [0, 0.1) is 11.8 Å². The van der Waals surface area contributed by atoms with Crippen LogP contribution in [-0.2, 0) is 4.79 Å². The van der Waals surface area contributed by atoms with Gasteiger partial charge in [-0.25, -0.2) is 4.79 Å². The van der Waals surface area contributed by atoms with E-state index >= 15 is 0 Å². The van der Waals surface area contributed by atoms with Crippen LogP contribution in [0.3, 0.4) is 0 Å². The summed E-state index contributed by atoms with van der Waals surface area (Å²) in [7, 11) is 0. The Morgan fingerprint density at radius 2 is 1.80 bits per heavy atom. The van der Waals surface area contributed by atoms with E-state index < -0.39 is 0 Å². The minimum absolute atomic E-state index is 0.0712. The van der Waals surface area contributed by atoms with E-state index in [0.29, 0.717) is 18.2 Å². The number of hydrogen-bond donors (Lipinski definition) is 3. The fraction of sp³-hybridized carbons (Fsp3) is 0.333. The van der Waals surface area contributed by atoms with Crippen LogP contribution in [0.5, 0.6) is 0 Å². The molecule has 1 fully saturated rings. The number of anilines is 2. The molecule has 20 heavy (non-hydrogen) atoms. The van der Waals surface area contributed by atoms with Crippen molar-refractivity contribution in [3.05, 3.63) is 36.9 Å². The molecule has 2 atom stereocenters. The molecule has 5 heteroatoms. The predicted molar refractivity (Wildman–Crippen MR) is 79.6 cm³/mol. The predicted octanol–water partition coefficient (Wildman–Crippen LogP) is 2.59. The zero-order valence-electron chi connectivity index (χ0n) is 11.5. The van der Waals surface area contributed by atoms with Gasteiger partial charge in [0.1, 0.15) is 0 Å². The topological polar surface area (TPSA) is 70.2 Å². The molecule has 1 aliphatic carbocycles. The second-order valence-corrected chi connectivity index (χ2v) is 5.01. The normalized spacial score (nSPS) is 19.9. The quantitative estimate of drug-likeness (QED) is 0.722. The van der Waals surface area contributed by atoms with E-state index in [1.54, 1.807) is 30.3 Å². The Kier molecular flexibility index (Phi) is 4.40. The molecule has 2 unspecified atom stereocenters. The van der Waals surface area contributed by atoms with Crippen LogP contribution in [0.2, 0.25) is 0 Å². The van der Waals surface area contributed by atoms with E-state index in [-0.39, 0.29) is 17.9 Å². The molecule has 0 aromatic heterocycles. The van der Waals surface area contributed by atoms with Crippen LogP contribution in [0.25, 0.3) is 0 Å². The van der Waals surface area contributed by atoms with Crippen molar-refractivity contribution in [1.82, 2.24) is 5.32 Å². The third-order valence-corrected chi connectivity index (χ3v) is 3.26. The largest absolute Gasteiger partial charge is 0.334 e. The van der Waals surface area contributed by atoms with Gasteiger partial charge in [-0.1, -0.05) is 13.0 Å². The summed E-state index contributed by atoms with van der Waals surface area (Å²) in [4.78, 5) is 23.2. The fourth-order valence-electron chi connectivity index (χ4n) is 1.90. The molecule has 0 bridgehead atoms. The van der Waals surface area contributed by atoms with Gasteiger partial charge < -0.3 is 16.0 Å². The van der Waals surface area contributed by atoms with Gasteiger partial charge in [0, 0.05) is 23.8 Å². The van der Waals surface area contributed by atoms with E-state index in [1.807, 2.05) is 0 Å². The van der Waals surface area contributed by atoms with E-state index in [2.05, 4.69) is 29.5 Å². The number of rotatable bonds is 5. The van der Waals surface area contributed by atoms with Gasteiger partial charge in [0.25, 0.3) is 0 Å². The molecular weight excluding hydrogens is 254 g/mol. The van der Waals surface area contributed by atoms with Crippen molar-refractivity contribution >= 4 is 23.3 Å². The summed E-state index contributed by atoms with van der Waals surface area (Å²) in [6, 6.07) is 6.76. The van der Waals surface area contributed by atoms with E-state index in [1.165, 1.54) is 0 Å². The minimum Gasteiger partial charge on any atom is -0.334 e. The maximum absolute atomic E-state index is 11.8. The van der Waals surface area contributed by atoms with Gasteiger partial charge >= 0.3 is 6.03 Å². The first kappa shape index (κ1) is 14.1. The zero-order valence-corrected chi connectivity index (χ0v) is 11.5. The van der Waals surface area contributed by atoms with Crippen LogP contribution in [0.1, 0.15) is 13.3 Å². The maximum Gasteiger partial charge on any atom is 0.319 e. The summed E-state index contributed by atoms with van der Waals surface area (Å²) in [6.07, 6.45) is 2.58. The van der Waals surface area contributed by atoms with Crippen LogP contribution in [-0.4, -0.2) is 18.5 Å². The summed E-state index contributed by atoms with van der Waals surface area (Å²) in [5.41, 5.74) is 1.41. The molecule has 1 aliphatic rings. The molecular formula is C15H19N3O2. The molecule has 0 spiro atoms. The zero-order chi connectivity index (χ0) is 14.5. The lowest BCUT2D eigenvalue weighted by Crippen LogP contribution is -2.28. The number of carbonyl (C=O) groups is 2. The molecule has 1 aromatic rings. The highest BCUT2D eigenvalue weighted by Crippen LogP contribution is 2.38. The van der Waals surface area contributed by atoms with Crippen LogP contribution in [0.15, 0.2) is 36.9 Å². The summed E-state index contributed by atoms with van der Waals surface area (Å²) in [5.74, 6) is 0.712. The van der Waals surface area contributed by atoms with Crippen molar-refractivity contribution in [2.24, 2.45) is 11.8 Å². The van der Waals surface area contributed by atoms with Crippen LogP contribution >= 0.6 is 0 Å². The third kappa shape index (κ3) is 3.85. The molecule has 0 radical (unpaired) electrons. The maximum atomic E-state index is 11.8. The van der Waals surface area contributed by atoms with Crippen molar-refractivity contribution < 1.29 is 9.59 Å². The number of urea groups is 1. The molecule has 0 heterocycles. The molecule has 106 valence electrons. The van der Waals surface area contributed by atoms with Gasteiger partial charge in [0.05, 0.1) is 0 Å². The lowest BCUT2D eigenvalue weighted by Gasteiger charge is -2.08. The average molecular weight is 273 g/mol. The molecule has 1 aromatic carbocycles. The van der Waals surface area contributed by atoms with Gasteiger partial charge in [-0.05, 0) is 36.6 Å². The summed E-state index contributed by atoms with van der Waals surface area (Å²) in [5, 5.41) is 8.18. The van der Waals surface area contributed by atoms with Gasteiger partial charge in [-0.2, -0.15) is 0 Å². The average Bonchev–Trinajstić information content (AvgIpc) is 3.16. The fourth-order valence-corrected chi connectivity index (χ4v) is 1.90. The molecule has 1 saturated carbocycles. The van der Waals surface area contributed by atoms with E-state index in [4.69, 9.17) is 0 Å². The van der Waals surface area contributed by atoms with Crippen molar-refractivity contribution in [2.75, 3.05) is 17.2 Å². The number of carbonyl (C=O) groups excluding carboxylic acids is 2. The smallest absolute Gasteiger partial charge is 0.319 e. The van der Waals surface area contributed by atoms with Crippen molar-refractivity contribution in [3.63, 3.8) is 0 Å². The molecule has 3 N–H and O–H groups in total. The molecule has 5 nitrogen and oxygen atoms in total.